The third-order valence-electron chi connectivity index (χ3n) is 4.25. The van der Waals surface area contributed by atoms with E-state index < -0.39 is 26.6 Å². The summed E-state index contributed by atoms with van der Waals surface area (Å²) in [4.78, 5) is 0.479. The first-order valence-corrected chi connectivity index (χ1v) is 10.5. The van der Waals surface area contributed by atoms with E-state index in [2.05, 4.69) is 4.72 Å². The van der Waals surface area contributed by atoms with Crippen molar-refractivity contribution in [2.75, 3.05) is 19.8 Å². The van der Waals surface area contributed by atoms with E-state index in [9.17, 15) is 17.2 Å². The number of ether oxygens (including phenoxy) is 1. The molecule has 3 rings (SSSR count). The van der Waals surface area contributed by atoms with Crippen molar-refractivity contribution in [1.82, 2.24) is 4.72 Å². The van der Waals surface area contributed by atoms with Crippen molar-refractivity contribution in [1.29, 1.82) is 0 Å². The highest BCUT2D eigenvalue weighted by molar-refractivity contribution is 8.00. The van der Waals surface area contributed by atoms with Crippen LogP contribution in [0.15, 0.2) is 58.3 Å². The minimum absolute atomic E-state index is 0.134. The fraction of sp³-hybridized carbons (Fsp3) is 0.333. The van der Waals surface area contributed by atoms with Gasteiger partial charge in [-0.25, -0.2) is 21.9 Å². The molecule has 1 saturated heterocycles. The molecule has 1 aliphatic heterocycles. The lowest BCUT2D eigenvalue weighted by Crippen LogP contribution is -2.44. The average molecular weight is 399 g/mol. The molecule has 1 heterocycles. The van der Waals surface area contributed by atoms with Crippen LogP contribution in [0, 0.1) is 11.6 Å². The van der Waals surface area contributed by atoms with E-state index in [0.29, 0.717) is 32.1 Å². The molecule has 0 amide bonds. The van der Waals surface area contributed by atoms with Crippen LogP contribution in [0.5, 0.6) is 0 Å². The molecule has 2 aromatic carbocycles. The van der Waals surface area contributed by atoms with E-state index in [1.165, 1.54) is 0 Å². The SMILES string of the molecule is O=S(=O)(NCC1(Sc2ccccc2)CCOCC1)c1ccc(F)cc1F. The summed E-state index contributed by atoms with van der Waals surface area (Å²) in [5.41, 5.74) is 0. The van der Waals surface area contributed by atoms with E-state index in [0.717, 1.165) is 17.0 Å². The van der Waals surface area contributed by atoms with Crippen molar-refractivity contribution in [3.8, 4) is 0 Å². The van der Waals surface area contributed by atoms with Gasteiger partial charge in [0.15, 0.2) is 0 Å². The second kappa shape index (κ2) is 8.04. The molecular weight excluding hydrogens is 380 g/mol. The zero-order valence-corrected chi connectivity index (χ0v) is 15.6. The maximum atomic E-state index is 13.9. The molecule has 1 aliphatic rings. The molecule has 0 radical (unpaired) electrons. The second-order valence-corrected chi connectivity index (χ2v) is 9.39. The van der Waals surface area contributed by atoms with Crippen molar-refractivity contribution in [3.05, 3.63) is 60.2 Å². The second-order valence-electron chi connectivity index (χ2n) is 6.11. The third kappa shape index (κ3) is 4.62. The van der Waals surface area contributed by atoms with E-state index in [4.69, 9.17) is 4.74 Å². The van der Waals surface area contributed by atoms with Gasteiger partial charge in [0.25, 0.3) is 0 Å². The zero-order chi connectivity index (χ0) is 18.6. The average Bonchev–Trinajstić information content (AvgIpc) is 2.62. The Morgan fingerprint density at radius 1 is 1.08 bits per heavy atom. The Morgan fingerprint density at radius 3 is 2.42 bits per heavy atom. The van der Waals surface area contributed by atoms with Crippen LogP contribution in [0.3, 0.4) is 0 Å². The molecule has 0 unspecified atom stereocenters. The molecule has 140 valence electrons. The number of rotatable bonds is 6. The third-order valence-corrected chi connectivity index (χ3v) is 7.18. The van der Waals surface area contributed by atoms with Crippen LogP contribution in [0.25, 0.3) is 0 Å². The van der Waals surface area contributed by atoms with Gasteiger partial charge in [-0.05, 0) is 37.1 Å². The lowest BCUT2D eigenvalue weighted by molar-refractivity contribution is 0.0784. The van der Waals surface area contributed by atoms with E-state index in [-0.39, 0.29) is 11.3 Å². The fourth-order valence-electron chi connectivity index (χ4n) is 2.79. The van der Waals surface area contributed by atoms with Crippen molar-refractivity contribution in [2.24, 2.45) is 0 Å². The van der Waals surface area contributed by atoms with Gasteiger partial charge in [-0.1, -0.05) is 18.2 Å². The van der Waals surface area contributed by atoms with E-state index >= 15 is 0 Å². The molecule has 0 bridgehead atoms. The van der Waals surface area contributed by atoms with Gasteiger partial charge in [0.1, 0.15) is 16.5 Å². The minimum atomic E-state index is -4.08. The molecule has 0 saturated carbocycles. The highest BCUT2D eigenvalue weighted by atomic mass is 32.2. The zero-order valence-electron chi connectivity index (χ0n) is 14.0. The van der Waals surface area contributed by atoms with Crippen LogP contribution in [-0.4, -0.2) is 32.9 Å². The summed E-state index contributed by atoms with van der Waals surface area (Å²) in [7, 11) is -4.08. The Labute approximate surface area is 156 Å². The summed E-state index contributed by atoms with van der Waals surface area (Å²) in [6, 6.07) is 12.1. The van der Waals surface area contributed by atoms with E-state index in [1.807, 2.05) is 30.3 Å². The normalized spacial score (nSPS) is 17.2. The molecular formula is C18H19F2NO3S2. The molecule has 0 aromatic heterocycles. The summed E-state index contributed by atoms with van der Waals surface area (Å²) in [6.07, 6.45) is 1.34. The summed E-state index contributed by atoms with van der Waals surface area (Å²) in [5, 5.41) is 0. The van der Waals surface area contributed by atoms with Crippen LogP contribution >= 0.6 is 11.8 Å². The van der Waals surface area contributed by atoms with Gasteiger partial charge >= 0.3 is 0 Å². The van der Waals surface area contributed by atoms with Crippen LogP contribution < -0.4 is 4.72 Å². The Hall–Kier alpha value is -1.48. The van der Waals surface area contributed by atoms with Crippen LogP contribution in [0.1, 0.15) is 12.8 Å². The summed E-state index contributed by atoms with van der Waals surface area (Å²) in [5.74, 6) is -1.92. The Kier molecular flexibility index (Phi) is 5.96. The monoisotopic (exact) mass is 399 g/mol. The standard InChI is InChI=1S/C18H19F2NO3S2/c19-14-6-7-17(16(20)12-14)26(22,23)21-13-18(8-10-24-11-9-18)25-15-4-2-1-3-5-15/h1-7,12,21H,8-11,13H2. The van der Waals surface area contributed by atoms with Gasteiger partial charge in [0.05, 0.1) is 0 Å². The smallest absolute Gasteiger partial charge is 0.243 e. The number of sulfonamides is 1. The lowest BCUT2D eigenvalue weighted by Gasteiger charge is -2.36. The number of hydrogen-bond acceptors (Lipinski definition) is 4. The van der Waals surface area contributed by atoms with Crippen molar-refractivity contribution < 1.29 is 21.9 Å². The van der Waals surface area contributed by atoms with Gasteiger partial charge in [-0.2, -0.15) is 0 Å². The molecule has 0 aliphatic carbocycles. The minimum Gasteiger partial charge on any atom is -0.381 e. The van der Waals surface area contributed by atoms with Gasteiger partial charge < -0.3 is 4.74 Å². The van der Waals surface area contributed by atoms with Crippen molar-refractivity contribution in [2.45, 2.75) is 27.4 Å². The highest BCUT2D eigenvalue weighted by Gasteiger charge is 2.35. The quantitative estimate of drug-likeness (QED) is 0.807. The van der Waals surface area contributed by atoms with Crippen molar-refractivity contribution >= 4 is 21.8 Å². The van der Waals surface area contributed by atoms with Gasteiger partial charge in [0.2, 0.25) is 10.0 Å². The van der Waals surface area contributed by atoms with Gasteiger partial charge in [-0.15, -0.1) is 11.8 Å². The maximum absolute atomic E-state index is 13.9. The predicted octanol–water partition coefficient (Wildman–Crippen LogP) is 3.58. The first-order chi connectivity index (χ1) is 12.4. The fourth-order valence-corrected chi connectivity index (χ4v) is 5.38. The molecule has 0 atom stereocenters. The molecule has 1 fully saturated rings. The molecule has 1 N–H and O–H groups in total. The van der Waals surface area contributed by atoms with Crippen LogP contribution in [0.4, 0.5) is 8.78 Å². The van der Waals surface area contributed by atoms with Crippen LogP contribution in [-0.2, 0) is 14.8 Å². The Morgan fingerprint density at radius 2 is 1.77 bits per heavy atom. The molecule has 26 heavy (non-hydrogen) atoms. The Balaban J connectivity index is 1.79. The number of halogens is 2. The number of hydrogen-bond donors (Lipinski definition) is 1. The van der Waals surface area contributed by atoms with Gasteiger partial charge in [0, 0.05) is 35.5 Å². The first kappa shape index (κ1) is 19.3. The predicted molar refractivity (Wildman–Crippen MR) is 96.6 cm³/mol. The largest absolute Gasteiger partial charge is 0.381 e. The summed E-state index contributed by atoms with van der Waals surface area (Å²) >= 11 is 1.59. The van der Waals surface area contributed by atoms with E-state index in [1.54, 1.807) is 11.8 Å². The Bertz CT molecular complexity index is 854. The van der Waals surface area contributed by atoms with Crippen molar-refractivity contribution in [3.63, 3.8) is 0 Å². The molecule has 4 nitrogen and oxygen atoms in total. The van der Waals surface area contributed by atoms with Gasteiger partial charge in [-0.3, -0.25) is 0 Å². The topological polar surface area (TPSA) is 55.4 Å². The number of benzene rings is 2. The molecule has 2 aromatic rings. The molecule has 0 spiro atoms. The lowest BCUT2D eigenvalue weighted by atomic mass is 9.99. The molecule has 8 heteroatoms. The first-order valence-electron chi connectivity index (χ1n) is 8.17. The summed E-state index contributed by atoms with van der Waals surface area (Å²) in [6.45, 7) is 1.20. The summed E-state index contributed by atoms with van der Waals surface area (Å²) < 4.78 is 59.4. The maximum Gasteiger partial charge on any atom is 0.243 e. The van der Waals surface area contributed by atoms with Crippen LogP contribution in [0.2, 0.25) is 0 Å². The number of nitrogens with one attached hydrogen (secondary N) is 1. The number of thioether (sulfide) groups is 1. The highest BCUT2D eigenvalue weighted by Crippen LogP contribution is 2.40.